The third-order valence-electron chi connectivity index (χ3n) is 2.78. The highest BCUT2D eigenvalue weighted by Crippen LogP contribution is 2.26. The second-order valence-corrected chi connectivity index (χ2v) is 4.30. The number of alkyl halides is 3. The Balaban J connectivity index is 1.91. The van der Waals surface area contributed by atoms with Crippen LogP contribution in [0.1, 0.15) is 10.4 Å². The number of para-hydroxylation sites is 1. The lowest BCUT2D eigenvalue weighted by molar-refractivity contribution is -0.274. The molecule has 0 aliphatic heterocycles. The normalized spacial score (nSPS) is 11.4. The molecule has 1 N–H and O–H groups in total. The van der Waals surface area contributed by atoms with E-state index < -0.39 is 18.0 Å². The summed E-state index contributed by atoms with van der Waals surface area (Å²) in [6, 6.07) is 6.47. The molecule has 10 heteroatoms. The fourth-order valence-electron chi connectivity index (χ4n) is 1.88. The molecule has 0 radical (unpaired) electrons. The maximum Gasteiger partial charge on any atom is 0.573 e. The van der Waals surface area contributed by atoms with Gasteiger partial charge in [-0.2, -0.15) is 14.6 Å². The molecule has 7 nitrogen and oxygen atoms in total. The van der Waals surface area contributed by atoms with Crippen LogP contribution in [-0.2, 0) is 0 Å². The summed E-state index contributed by atoms with van der Waals surface area (Å²) in [6.07, 6.45) is -2.28. The van der Waals surface area contributed by atoms with E-state index in [1.165, 1.54) is 41.3 Å². The SMILES string of the molecule is O=C(Nc1ccnc2ncnn12)c1ccccc1OC(F)(F)F. The number of ether oxygens (including phenoxy) is 1. The number of hydrogen-bond donors (Lipinski definition) is 1. The first-order valence-corrected chi connectivity index (χ1v) is 6.25. The standard InChI is InChI=1S/C13H8F3N5O2/c14-13(15,16)23-9-4-2-1-3-8(9)11(22)20-10-5-6-17-12-18-7-19-21(10)12/h1-7H,(H,20,22). The number of nitrogens with zero attached hydrogens (tertiary/aromatic N) is 4. The van der Waals surface area contributed by atoms with Crippen molar-refractivity contribution >= 4 is 17.5 Å². The van der Waals surface area contributed by atoms with Crippen LogP contribution in [0.3, 0.4) is 0 Å². The van der Waals surface area contributed by atoms with Crippen molar-refractivity contribution in [1.29, 1.82) is 0 Å². The minimum absolute atomic E-state index is 0.208. The lowest BCUT2D eigenvalue weighted by atomic mass is 10.2. The number of fused-ring (bicyclic) bond motifs is 1. The maximum absolute atomic E-state index is 12.4. The second kappa shape index (κ2) is 5.55. The number of amides is 1. The summed E-state index contributed by atoms with van der Waals surface area (Å²) in [5, 5.41) is 6.31. The summed E-state index contributed by atoms with van der Waals surface area (Å²) >= 11 is 0. The fraction of sp³-hybridized carbons (Fsp3) is 0.0769. The fourth-order valence-corrected chi connectivity index (χ4v) is 1.88. The average molecular weight is 323 g/mol. The quantitative estimate of drug-likeness (QED) is 0.800. The Bertz CT molecular complexity index is 862. The summed E-state index contributed by atoms with van der Waals surface area (Å²) in [7, 11) is 0. The van der Waals surface area contributed by atoms with Crippen LogP contribution in [0.4, 0.5) is 19.0 Å². The van der Waals surface area contributed by atoms with Gasteiger partial charge in [-0.25, -0.2) is 4.98 Å². The van der Waals surface area contributed by atoms with E-state index in [0.717, 1.165) is 6.07 Å². The Morgan fingerprint density at radius 3 is 2.74 bits per heavy atom. The zero-order chi connectivity index (χ0) is 16.4. The predicted molar refractivity (Wildman–Crippen MR) is 71.9 cm³/mol. The molecule has 0 saturated heterocycles. The van der Waals surface area contributed by atoms with E-state index in [1.807, 2.05) is 0 Å². The summed E-state index contributed by atoms with van der Waals surface area (Å²) in [6.45, 7) is 0. The van der Waals surface area contributed by atoms with Gasteiger partial charge in [-0.3, -0.25) is 4.79 Å². The molecule has 1 aromatic carbocycles. The van der Waals surface area contributed by atoms with Gasteiger partial charge >= 0.3 is 6.36 Å². The zero-order valence-electron chi connectivity index (χ0n) is 11.3. The first-order chi connectivity index (χ1) is 10.9. The molecule has 2 heterocycles. The Morgan fingerprint density at radius 1 is 1.17 bits per heavy atom. The Labute approximate surface area is 126 Å². The number of aromatic nitrogens is 4. The molecule has 0 unspecified atom stereocenters. The van der Waals surface area contributed by atoms with E-state index in [9.17, 15) is 18.0 Å². The minimum atomic E-state index is -4.90. The van der Waals surface area contributed by atoms with Crippen LogP contribution in [-0.4, -0.2) is 31.9 Å². The lowest BCUT2D eigenvalue weighted by Crippen LogP contribution is -2.21. The van der Waals surface area contributed by atoms with Gasteiger partial charge in [-0.05, 0) is 18.2 Å². The van der Waals surface area contributed by atoms with Crippen molar-refractivity contribution in [3.63, 3.8) is 0 Å². The van der Waals surface area contributed by atoms with Crippen LogP contribution in [0.2, 0.25) is 0 Å². The predicted octanol–water partition coefficient (Wildman–Crippen LogP) is 2.28. The molecule has 0 fully saturated rings. The van der Waals surface area contributed by atoms with Crippen LogP contribution in [0.25, 0.3) is 5.78 Å². The number of rotatable bonds is 3. The number of anilines is 1. The number of nitrogens with one attached hydrogen (secondary N) is 1. The lowest BCUT2D eigenvalue weighted by Gasteiger charge is -2.13. The second-order valence-electron chi connectivity index (χ2n) is 4.30. The van der Waals surface area contributed by atoms with Crippen LogP contribution in [0.5, 0.6) is 5.75 Å². The highest BCUT2D eigenvalue weighted by atomic mass is 19.4. The van der Waals surface area contributed by atoms with Gasteiger partial charge in [0.1, 0.15) is 17.9 Å². The highest BCUT2D eigenvalue weighted by Gasteiger charge is 2.32. The molecule has 0 atom stereocenters. The topological polar surface area (TPSA) is 81.4 Å². The molecule has 118 valence electrons. The Morgan fingerprint density at radius 2 is 1.96 bits per heavy atom. The van der Waals surface area contributed by atoms with E-state index in [-0.39, 0.29) is 17.2 Å². The summed E-state index contributed by atoms with van der Waals surface area (Å²) in [4.78, 5) is 20.0. The van der Waals surface area contributed by atoms with Gasteiger partial charge < -0.3 is 10.1 Å². The molecule has 0 saturated carbocycles. The third-order valence-corrected chi connectivity index (χ3v) is 2.78. The third kappa shape index (κ3) is 3.20. The minimum Gasteiger partial charge on any atom is -0.405 e. The van der Waals surface area contributed by atoms with Gasteiger partial charge in [0.25, 0.3) is 11.7 Å². The van der Waals surface area contributed by atoms with Crippen LogP contribution < -0.4 is 10.1 Å². The van der Waals surface area contributed by atoms with Crippen molar-refractivity contribution in [3.8, 4) is 5.75 Å². The first kappa shape index (κ1) is 14.8. The van der Waals surface area contributed by atoms with Gasteiger partial charge in [0.15, 0.2) is 0 Å². The summed E-state index contributed by atoms with van der Waals surface area (Å²) in [5.74, 6) is -0.934. The van der Waals surface area contributed by atoms with Crippen molar-refractivity contribution in [2.45, 2.75) is 6.36 Å². The number of carbonyl (C=O) groups is 1. The van der Waals surface area contributed by atoms with Gasteiger partial charge in [0.2, 0.25) is 0 Å². The Kier molecular flexibility index (Phi) is 3.56. The summed E-state index contributed by atoms with van der Waals surface area (Å²) < 4.78 is 42.3. The van der Waals surface area contributed by atoms with Crippen molar-refractivity contribution < 1.29 is 22.7 Å². The zero-order valence-corrected chi connectivity index (χ0v) is 11.3. The van der Waals surface area contributed by atoms with E-state index in [1.54, 1.807) is 0 Å². The van der Waals surface area contributed by atoms with E-state index in [2.05, 4.69) is 25.1 Å². The number of carbonyl (C=O) groups excluding carboxylic acids is 1. The van der Waals surface area contributed by atoms with Crippen molar-refractivity contribution in [2.24, 2.45) is 0 Å². The van der Waals surface area contributed by atoms with Gasteiger partial charge in [-0.15, -0.1) is 13.2 Å². The van der Waals surface area contributed by atoms with Crippen molar-refractivity contribution in [3.05, 3.63) is 48.4 Å². The molecule has 0 aliphatic carbocycles. The van der Waals surface area contributed by atoms with Crippen molar-refractivity contribution in [2.75, 3.05) is 5.32 Å². The highest BCUT2D eigenvalue weighted by molar-refractivity contribution is 6.05. The largest absolute Gasteiger partial charge is 0.573 e. The monoisotopic (exact) mass is 323 g/mol. The maximum atomic E-state index is 12.4. The van der Waals surface area contributed by atoms with Gasteiger partial charge in [-0.1, -0.05) is 12.1 Å². The molecule has 0 bridgehead atoms. The van der Waals surface area contributed by atoms with Gasteiger partial charge in [0, 0.05) is 6.20 Å². The van der Waals surface area contributed by atoms with Crippen LogP contribution in [0.15, 0.2) is 42.9 Å². The average Bonchev–Trinajstić information content (AvgIpc) is 2.95. The molecule has 3 aromatic rings. The molecule has 23 heavy (non-hydrogen) atoms. The molecular formula is C13H8F3N5O2. The molecule has 0 aliphatic rings. The summed E-state index contributed by atoms with van der Waals surface area (Å²) in [5.41, 5.74) is -0.269. The molecule has 1 amide bonds. The number of benzene rings is 1. The molecular weight excluding hydrogens is 315 g/mol. The van der Waals surface area contributed by atoms with Gasteiger partial charge in [0.05, 0.1) is 5.56 Å². The van der Waals surface area contributed by atoms with E-state index in [4.69, 9.17) is 0 Å². The van der Waals surface area contributed by atoms with E-state index >= 15 is 0 Å². The molecule has 0 spiro atoms. The van der Waals surface area contributed by atoms with Crippen LogP contribution >= 0.6 is 0 Å². The first-order valence-electron chi connectivity index (χ1n) is 6.25. The number of hydrogen-bond acceptors (Lipinski definition) is 5. The molecule has 2 aromatic heterocycles. The van der Waals surface area contributed by atoms with E-state index in [0.29, 0.717) is 0 Å². The number of halogens is 3. The van der Waals surface area contributed by atoms with Crippen LogP contribution in [0, 0.1) is 0 Å². The van der Waals surface area contributed by atoms with Crippen molar-refractivity contribution in [1.82, 2.24) is 19.6 Å². The smallest absolute Gasteiger partial charge is 0.405 e. The Hall–Kier alpha value is -3.17. The molecule has 3 rings (SSSR count).